The minimum atomic E-state index is -0.155. The Bertz CT molecular complexity index is 1190. The molecule has 0 spiro atoms. The van der Waals surface area contributed by atoms with Crippen LogP contribution in [0.5, 0.6) is 0 Å². The molecule has 1 amide bonds. The third kappa shape index (κ3) is 5.12. The molecule has 8 heteroatoms. The Labute approximate surface area is 189 Å². The second kappa shape index (κ2) is 10.0. The monoisotopic (exact) mass is 454 g/mol. The van der Waals surface area contributed by atoms with Crippen molar-refractivity contribution in [2.45, 2.75) is 26.3 Å². The predicted molar refractivity (Wildman–Crippen MR) is 126 cm³/mol. The molecule has 0 unspecified atom stereocenters. The molecule has 2 aromatic carbocycles. The molecule has 0 aliphatic heterocycles. The average Bonchev–Trinajstić information content (AvgIpc) is 3.36. The Balaban J connectivity index is 1.48. The van der Waals surface area contributed by atoms with Crippen LogP contribution in [0.25, 0.3) is 21.6 Å². The van der Waals surface area contributed by atoms with E-state index in [2.05, 4.69) is 15.3 Å². The molecule has 4 aromatic rings. The molecule has 2 heterocycles. The van der Waals surface area contributed by atoms with Gasteiger partial charge in [0, 0.05) is 30.7 Å². The van der Waals surface area contributed by atoms with Gasteiger partial charge in [-0.15, -0.1) is 11.3 Å². The van der Waals surface area contributed by atoms with Crippen LogP contribution in [0.4, 0.5) is 5.95 Å². The smallest absolute Gasteiger partial charge is 0.232 e. The molecule has 31 heavy (non-hydrogen) atoms. The van der Waals surface area contributed by atoms with Crippen LogP contribution in [0.2, 0.25) is 5.02 Å². The molecule has 0 atom stereocenters. The Morgan fingerprint density at radius 3 is 2.81 bits per heavy atom. The van der Waals surface area contributed by atoms with Gasteiger partial charge in [0.1, 0.15) is 5.01 Å². The highest BCUT2D eigenvalue weighted by Gasteiger charge is 2.15. The molecule has 0 saturated carbocycles. The number of nitrogens with zero attached hydrogens (tertiary/aromatic N) is 3. The van der Waals surface area contributed by atoms with E-state index in [-0.39, 0.29) is 12.3 Å². The number of nitrogens with one attached hydrogen (secondary N) is 1. The molecule has 0 aliphatic rings. The number of fused-ring (bicyclic) bond motifs is 1. The van der Waals surface area contributed by atoms with Crippen LogP contribution in [0.1, 0.15) is 19.0 Å². The molecule has 2 aromatic heterocycles. The van der Waals surface area contributed by atoms with Gasteiger partial charge in [0.25, 0.3) is 0 Å². The van der Waals surface area contributed by atoms with Crippen LogP contribution in [0.15, 0.2) is 53.9 Å². The summed E-state index contributed by atoms with van der Waals surface area (Å²) in [5.41, 5.74) is 3.42. The minimum absolute atomic E-state index is 0.155. The number of benzene rings is 2. The first-order chi connectivity index (χ1) is 15.2. The summed E-state index contributed by atoms with van der Waals surface area (Å²) in [6.45, 7) is 4.05. The Morgan fingerprint density at radius 1 is 1.16 bits per heavy atom. The maximum absolute atomic E-state index is 12.7. The molecular weight excluding hydrogens is 432 g/mol. The van der Waals surface area contributed by atoms with Gasteiger partial charge in [0.15, 0.2) is 0 Å². The maximum Gasteiger partial charge on any atom is 0.232 e. The van der Waals surface area contributed by atoms with Crippen molar-refractivity contribution in [3.8, 4) is 10.6 Å². The summed E-state index contributed by atoms with van der Waals surface area (Å²) in [5, 5.41) is 6.30. The van der Waals surface area contributed by atoms with Crippen molar-refractivity contribution in [1.29, 1.82) is 0 Å². The van der Waals surface area contributed by atoms with Crippen molar-refractivity contribution in [2.24, 2.45) is 0 Å². The number of hydrogen-bond donors (Lipinski definition) is 1. The number of carbonyl (C=O) groups excluding carboxylic acids is 1. The number of amides is 1. The maximum atomic E-state index is 12.7. The zero-order chi connectivity index (χ0) is 21.6. The van der Waals surface area contributed by atoms with E-state index < -0.39 is 0 Å². The van der Waals surface area contributed by atoms with E-state index >= 15 is 0 Å². The zero-order valence-electron chi connectivity index (χ0n) is 17.2. The van der Waals surface area contributed by atoms with E-state index in [4.69, 9.17) is 16.3 Å². The SMILES string of the molecule is CCOCCCn1c(NC(=O)Cc2csc(-c3ccccc3Cl)n2)nc2ccccc21. The largest absolute Gasteiger partial charge is 0.382 e. The lowest BCUT2D eigenvalue weighted by Gasteiger charge is -2.10. The molecule has 0 aliphatic carbocycles. The highest BCUT2D eigenvalue weighted by atomic mass is 35.5. The topological polar surface area (TPSA) is 69.0 Å². The zero-order valence-corrected chi connectivity index (χ0v) is 18.7. The first-order valence-corrected chi connectivity index (χ1v) is 11.4. The number of rotatable bonds is 9. The fraction of sp³-hybridized carbons (Fsp3) is 0.261. The molecule has 4 rings (SSSR count). The summed E-state index contributed by atoms with van der Waals surface area (Å²) < 4.78 is 7.48. The van der Waals surface area contributed by atoms with E-state index in [0.29, 0.717) is 36.4 Å². The molecule has 0 saturated heterocycles. The van der Waals surface area contributed by atoms with Crippen LogP contribution < -0.4 is 5.32 Å². The normalized spacial score (nSPS) is 11.2. The molecule has 0 radical (unpaired) electrons. The number of anilines is 1. The average molecular weight is 455 g/mol. The van der Waals surface area contributed by atoms with Gasteiger partial charge in [-0.1, -0.05) is 41.9 Å². The highest BCUT2D eigenvalue weighted by Crippen LogP contribution is 2.30. The number of thiazole rings is 1. The Morgan fingerprint density at radius 2 is 1.97 bits per heavy atom. The number of imidazole rings is 1. The lowest BCUT2D eigenvalue weighted by molar-refractivity contribution is -0.115. The van der Waals surface area contributed by atoms with Crippen LogP contribution in [-0.2, 0) is 22.5 Å². The molecule has 160 valence electrons. The predicted octanol–water partition coefficient (Wildman–Crippen LogP) is 5.42. The summed E-state index contributed by atoms with van der Waals surface area (Å²) in [7, 11) is 0. The number of hydrogen-bond acceptors (Lipinski definition) is 5. The van der Waals surface area contributed by atoms with Gasteiger partial charge >= 0.3 is 0 Å². The van der Waals surface area contributed by atoms with E-state index in [1.165, 1.54) is 11.3 Å². The van der Waals surface area contributed by atoms with Crippen LogP contribution in [0.3, 0.4) is 0 Å². The Hall–Kier alpha value is -2.74. The van der Waals surface area contributed by atoms with Crippen molar-refractivity contribution in [3.63, 3.8) is 0 Å². The van der Waals surface area contributed by atoms with Gasteiger partial charge < -0.3 is 9.30 Å². The number of para-hydroxylation sites is 2. The molecule has 0 bridgehead atoms. The quantitative estimate of drug-likeness (QED) is 0.343. The third-order valence-corrected chi connectivity index (χ3v) is 6.03. The summed E-state index contributed by atoms with van der Waals surface area (Å²) in [6, 6.07) is 15.4. The second-order valence-electron chi connectivity index (χ2n) is 6.98. The first kappa shape index (κ1) is 21.5. The van der Waals surface area contributed by atoms with Gasteiger partial charge in [-0.05, 0) is 31.5 Å². The number of halogens is 1. The molecule has 6 nitrogen and oxygen atoms in total. The summed E-state index contributed by atoms with van der Waals surface area (Å²) in [5.74, 6) is 0.390. The molecule has 1 N–H and O–H groups in total. The minimum Gasteiger partial charge on any atom is -0.382 e. The van der Waals surface area contributed by atoms with Gasteiger partial charge in [0.05, 0.1) is 28.2 Å². The van der Waals surface area contributed by atoms with Crippen molar-refractivity contribution >= 4 is 45.8 Å². The lowest BCUT2D eigenvalue weighted by atomic mass is 10.2. The summed E-state index contributed by atoms with van der Waals surface area (Å²) in [4.78, 5) is 21.9. The van der Waals surface area contributed by atoms with Gasteiger partial charge in [-0.3, -0.25) is 10.1 Å². The first-order valence-electron chi connectivity index (χ1n) is 10.2. The van der Waals surface area contributed by atoms with Crippen molar-refractivity contribution in [1.82, 2.24) is 14.5 Å². The second-order valence-corrected chi connectivity index (χ2v) is 8.24. The standard InChI is InChI=1S/C23H23ClN4O2S/c1-2-30-13-7-12-28-20-11-6-5-10-19(20)26-23(28)27-21(29)14-16-15-31-22(25-16)17-8-3-4-9-18(17)24/h3-6,8-11,15H,2,7,12-14H2,1H3,(H,26,27,29). The van der Waals surface area contributed by atoms with E-state index in [1.807, 2.05) is 65.4 Å². The summed E-state index contributed by atoms with van der Waals surface area (Å²) in [6.07, 6.45) is 1.01. The fourth-order valence-electron chi connectivity index (χ4n) is 3.35. The Kier molecular flexibility index (Phi) is 6.96. The number of carbonyl (C=O) groups is 1. The van der Waals surface area contributed by atoms with Crippen molar-refractivity contribution < 1.29 is 9.53 Å². The van der Waals surface area contributed by atoms with Crippen LogP contribution >= 0.6 is 22.9 Å². The van der Waals surface area contributed by atoms with E-state index in [1.54, 1.807) is 0 Å². The number of aromatic nitrogens is 3. The third-order valence-electron chi connectivity index (χ3n) is 4.78. The lowest BCUT2D eigenvalue weighted by Crippen LogP contribution is -2.18. The van der Waals surface area contributed by atoms with Crippen LogP contribution in [0, 0.1) is 0 Å². The molecular formula is C23H23ClN4O2S. The van der Waals surface area contributed by atoms with Gasteiger partial charge in [0.2, 0.25) is 11.9 Å². The number of aryl methyl sites for hydroxylation is 1. The fourth-order valence-corrected chi connectivity index (χ4v) is 4.49. The molecule has 0 fully saturated rings. The van der Waals surface area contributed by atoms with E-state index in [9.17, 15) is 4.79 Å². The van der Waals surface area contributed by atoms with Crippen molar-refractivity contribution in [3.05, 3.63) is 64.6 Å². The van der Waals surface area contributed by atoms with Gasteiger partial charge in [-0.25, -0.2) is 9.97 Å². The van der Waals surface area contributed by atoms with E-state index in [0.717, 1.165) is 28.0 Å². The summed E-state index contributed by atoms with van der Waals surface area (Å²) >= 11 is 7.74. The van der Waals surface area contributed by atoms with Gasteiger partial charge in [-0.2, -0.15) is 0 Å². The highest BCUT2D eigenvalue weighted by molar-refractivity contribution is 7.13. The van der Waals surface area contributed by atoms with Crippen molar-refractivity contribution in [2.75, 3.05) is 18.5 Å². The number of ether oxygens (including phenoxy) is 1. The van der Waals surface area contributed by atoms with Crippen LogP contribution in [-0.4, -0.2) is 33.7 Å².